The van der Waals surface area contributed by atoms with Crippen molar-refractivity contribution in [1.82, 2.24) is 5.43 Å². The molecule has 3 aromatic rings. The topological polar surface area (TPSA) is 73.1 Å². The van der Waals surface area contributed by atoms with E-state index in [9.17, 15) is 4.79 Å². The summed E-state index contributed by atoms with van der Waals surface area (Å²) in [4.78, 5) is 12.1. The minimum atomic E-state index is -0.432. The van der Waals surface area contributed by atoms with E-state index in [-0.39, 0.29) is 12.4 Å². The minimum absolute atomic E-state index is 0.150. The standard InChI is InChI=1S/C20H16N2O4/c1-3-10-25-17-9-8-14(11-18(17)24-2)13-21-22-20(23)19-12-15-6-4-5-7-16(15)26-19/h1,4-9,11-13H,10H2,2H3,(H,22,23)/b21-13-. The van der Waals surface area contributed by atoms with Gasteiger partial charge in [-0.3, -0.25) is 4.79 Å². The predicted molar refractivity (Wildman–Crippen MR) is 98.6 cm³/mol. The van der Waals surface area contributed by atoms with Crippen LogP contribution in [0.3, 0.4) is 0 Å². The highest BCUT2D eigenvalue weighted by molar-refractivity contribution is 5.96. The van der Waals surface area contributed by atoms with Crippen molar-refractivity contribution < 1.29 is 18.7 Å². The van der Waals surface area contributed by atoms with Gasteiger partial charge in [-0.05, 0) is 35.9 Å². The van der Waals surface area contributed by atoms with Gasteiger partial charge >= 0.3 is 5.91 Å². The number of furan rings is 1. The number of carbonyl (C=O) groups is 1. The summed E-state index contributed by atoms with van der Waals surface area (Å²) in [6, 6.07) is 14.3. The molecule has 1 amide bonds. The largest absolute Gasteiger partial charge is 0.493 e. The first-order valence-corrected chi connectivity index (χ1v) is 7.77. The fourth-order valence-corrected chi connectivity index (χ4v) is 2.32. The first kappa shape index (κ1) is 17.1. The number of nitrogens with one attached hydrogen (secondary N) is 1. The molecule has 1 heterocycles. The average molecular weight is 348 g/mol. The molecule has 0 aliphatic rings. The van der Waals surface area contributed by atoms with Gasteiger partial charge in [-0.2, -0.15) is 5.10 Å². The number of hydrazone groups is 1. The fraction of sp³-hybridized carbons (Fsp3) is 0.100. The number of rotatable bonds is 6. The number of benzene rings is 2. The van der Waals surface area contributed by atoms with Crippen molar-refractivity contribution in [2.75, 3.05) is 13.7 Å². The molecule has 0 fully saturated rings. The molecule has 6 heteroatoms. The lowest BCUT2D eigenvalue weighted by molar-refractivity contribution is 0.0929. The number of methoxy groups -OCH3 is 1. The molecule has 0 bridgehead atoms. The van der Waals surface area contributed by atoms with E-state index in [1.54, 1.807) is 30.3 Å². The molecular weight excluding hydrogens is 332 g/mol. The maximum absolute atomic E-state index is 12.1. The van der Waals surface area contributed by atoms with Crippen LogP contribution in [0.1, 0.15) is 16.1 Å². The molecule has 130 valence electrons. The minimum Gasteiger partial charge on any atom is -0.493 e. The number of ether oxygens (including phenoxy) is 2. The average Bonchev–Trinajstić information content (AvgIpc) is 3.11. The Bertz CT molecular complexity index is 965. The number of hydrogen-bond donors (Lipinski definition) is 1. The molecule has 6 nitrogen and oxygen atoms in total. The number of nitrogens with zero attached hydrogens (tertiary/aromatic N) is 1. The van der Waals surface area contributed by atoms with Crippen LogP contribution in [0.4, 0.5) is 0 Å². The first-order chi connectivity index (χ1) is 12.7. The van der Waals surface area contributed by atoms with Crippen molar-refractivity contribution in [3.8, 4) is 23.8 Å². The zero-order valence-electron chi connectivity index (χ0n) is 14.1. The summed E-state index contributed by atoms with van der Waals surface area (Å²) in [6.45, 7) is 0.150. The molecular formula is C20H16N2O4. The van der Waals surface area contributed by atoms with Crippen LogP contribution in [0, 0.1) is 12.3 Å². The van der Waals surface area contributed by atoms with Crippen LogP contribution >= 0.6 is 0 Å². The summed E-state index contributed by atoms with van der Waals surface area (Å²) in [7, 11) is 1.53. The molecule has 0 aliphatic carbocycles. The van der Waals surface area contributed by atoms with Crippen LogP contribution in [0.15, 0.2) is 58.0 Å². The molecule has 2 aromatic carbocycles. The lowest BCUT2D eigenvalue weighted by Crippen LogP contribution is -2.16. The summed E-state index contributed by atoms with van der Waals surface area (Å²) in [5, 5.41) is 4.80. The van der Waals surface area contributed by atoms with Crippen LogP contribution in [0.25, 0.3) is 11.0 Å². The normalized spacial score (nSPS) is 10.6. The van der Waals surface area contributed by atoms with Gasteiger partial charge < -0.3 is 13.9 Å². The van der Waals surface area contributed by atoms with Crippen LogP contribution in [0.2, 0.25) is 0 Å². The van der Waals surface area contributed by atoms with Crippen molar-refractivity contribution in [1.29, 1.82) is 0 Å². The van der Waals surface area contributed by atoms with Gasteiger partial charge in [0, 0.05) is 5.39 Å². The van der Waals surface area contributed by atoms with E-state index in [1.807, 2.05) is 18.2 Å². The zero-order chi connectivity index (χ0) is 18.4. The molecule has 3 rings (SSSR count). The van der Waals surface area contributed by atoms with Crippen molar-refractivity contribution >= 4 is 23.1 Å². The zero-order valence-corrected chi connectivity index (χ0v) is 14.1. The van der Waals surface area contributed by atoms with Gasteiger partial charge in [0.2, 0.25) is 0 Å². The van der Waals surface area contributed by atoms with Crippen molar-refractivity contribution in [3.05, 3.63) is 59.9 Å². The highest BCUT2D eigenvalue weighted by Crippen LogP contribution is 2.27. The number of carbonyl (C=O) groups excluding carboxylic acids is 1. The molecule has 26 heavy (non-hydrogen) atoms. The quantitative estimate of drug-likeness (QED) is 0.422. The van der Waals surface area contributed by atoms with E-state index < -0.39 is 5.91 Å². The summed E-state index contributed by atoms with van der Waals surface area (Å²) in [5.41, 5.74) is 3.80. The first-order valence-electron chi connectivity index (χ1n) is 7.77. The van der Waals surface area contributed by atoms with Gasteiger partial charge in [0.1, 0.15) is 12.2 Å². The highest BCUT2D eigenvalue weighted by atomic mass is 16.5. The highest BCUT2D eigenvalue weighted by Gasteiger charge is 2.11. The number of para-hydroxylation sites is 1. The van der Waals surface area contributed by atoms with Gasteiger partial charge in [-0.25, -0.2) is 5.43 Å². The monoisotopic (exact) mass is 348 g/mol. The number of hydrogen-bond acceptors (Lipinski definition) is 5. The fourth-order valence-electron chi connectivity index (χ4n) is 2.32. The van der Waals surface area contributed by atoms with Crippen molar-refractivity contribution in [2.45, 2.75) is 0 Å². The van der Waals surface area contributed by atoms with E-state index in [4.69, 9.17) is 20.3 Å². The Morgan fingerprint density at radius 1 is 1.27 bits per heavy atom. The maximum atomic E-state index is 12.1. The van der Waals surface area contributed by atoms with Gasteiger partial charge in [-0.15, -0.1) is 6.42 Å². The van der Waals surface area contributed by atoms with E-state index >= 15 is 0 Å². The predicted octanol–water partition coefficient (Wildman–Crippen LogP) is 3.22. The van der Waals surface area contributed by atoms with E-state index in [0.717, 1.165) is 10.9 Å². The van der Waals surface area contributed by atoms with Crippen LogP contribution in [-0.4, -0.2) is 25.8 Å². The molecule has 1 N–H and O–H groups in total. The van der Waals surface area contributed by atoms with Crippen LogP contribution in [-0.2, 0) is 0 Å². The lowest BCUT2D eigenvalue weighted by Gasteiger charge is -2.08. The Labute approximate surface area is 150 Å². The Hall–Kier alpha value is -3.72. The van der Waals surface area contributed by atoms with Gasteiger partial charge in [-0.1, -0.05) is 24.1 Å². The second-order valence-electron chi connectivity index (χ2n) is 5.25. The van der Waals surface area contributed by atoms with Gasteiger partial charge in [0.15, 0.2) is 17.3 Å². The van der Waals surface area contributed by atoms with Crippen LogP contribution in [0.5, 0.6) is 11.5 Å². The molecule has 0 spiro atoms. The Balaban J connectivity index is 1.67. The van der Waals surface area contributed by atoms with E-state index in [2.05, 4.69) is 16.4 Å². The van der Waals surface area contributed by atoms with E-state index in [0.29, 0.717) is 17.1 Å². The Morgan fingerprint density at radius 2 is 2.12 bits per heavy atom. The molecule has 0 radical (unpaired) electrons. The Morgan fingerprint density at radius 3 is 2.88 bits per heavy atom. The van der Waals surface area contributed by atoms with Crippen molar-refractivity contribution in [3.63, 3.8) is 0 Å². The molecule has 0 saturated carbocycles. The van der Waals surface area contributed by atoms with E-state index in [1.165, 1.54) is 13.3 Å². The summed E-state index contributed by atoms with van der Waals surface area (Å²) >= 11 is 0. The maximum Gasteiger partial charge on any atom is 0.307 e. The Kier molecular flexibility index (Phi) is 5.20. The van der Waals surface area contributed by atoms with Crippen LogP contribution < -0.4 is 14.9 Å². The molecule has 0 atom stereocenters. The second kappa shape index (κ2) is 7.90. The second-order valence-corrected chi connectivity index (χ2v) is 5.25. The number of terminal acetylenes is 1. The van der Waals surface area contributed by atoms with Gasteiger partial charge in [0.05, 0.1) is 13.3 Å². The van der Waals surface area contributed by atoms with Gasteiger partial charge in [0.25, 0.3) is 0 Å². The number of amides is 1. The third-order valence-corrected chi connectivity index (χ3v) is 3.53. The summed E-state index contributed by atoms with van der Waals surface area (Å²) in [5.74, 6) is 3.21. The molecule has 0 unspecified atom stereocenters. The summed E-state index contributed by atoms with van der Waals surface area (Å²) < 4.78 is 16.1. The van der Waals surface area contributed by atoms with Crippen molar-refractivity contribution in [2.24, 2.45) is 5.10 Å². The molecule has 1 aromatic heterocycles. The lowest BCUT2D eigenvalue weighted by atomic mass is 10.2. The summed E-state index contributed by atoms with van der Waals surface area (Å²) in [6.07, 6.45) is 6.67. The third-order valence-electron chi connectivity index (χ3n) is 3.53. The molecule has 0 saturated heterocycles. The smallest absolute Gasteiger partial charge is 0.307 e. The number of fused-ring (bicyclic) bond motifs is 1. The third kappa shape index (κ3) is 3.84. The SMILES string of the molecule is C#CCOc1ccc(/C=N\NC(=O)c2cc3ccccc3o2)cc1OC. The molecule has 0 aliphatic heterocycles.